The predicted molar refractivity (Wildman–Crippen MR) is 155 cm³/mol. The van der Waals surface area contributed by atoms with Crippen molar-refractivity contribution in [2.45, 2.75) is 52.4 Å². The third-order valence-corrected chi connectivity index (χ3v) is 8.66. The van der Waals surface area contributed by atoms with Gasteiger partial charge in [-0.1, -0.05) is 48.0 Å². The van der Waals surface area contributed by atoms with Gasteiger partial charge in [-0.05, 0) is 79.8 Å². The molecule has 1 atom stereocenters. The second-order valence-corrected chi connectivity index (χ2v) is 13.2. The standard InChI is InChI=1S/C31H35ClF2N2O2S/c1-20(2)36(21(3)4)17-22-6-8-23(9-7-22)30(24-10-12-27(32)13-11-24)35-18-26(19-35)31(39(5,37)38)25-14-28(33)16-29(34)15-25/h6-16,20-21,30H,17-19H2,1-5H3. The molecule has 0 N–H and O–H groups in total. The molecule has 8 heteroatoms. The van der Waals surface area contributed by atoms with Crippen LogP contribution in [0.1, 0.15) is 56.0 Å². The second-order valence-electron chi connectivity index (χ2n) is 10.8. The number of likely N-dealkylation sites (tertiary alicyclic amines) is 1. The summed E-state index contributed by atoms with van der Waals surface area (Å²) in [6.07, 6.45) is 1.08. The number of sulfone groups is 1. The van der Waals surface area contributed by atoms with E-state index < -0.39 is 21.5 Å². The first-order valence-electron chi connectivity index (χ1n) is 13.1. The average Bonchev–Trinajstić information content (AvgIpc) is 2.81. The summed E-state index contributed by atoms with van der Waals surface area (Å²) in [5.41, 5.74) is 3.97. The second kappa shape index (κ2) is 11.9. The van der Waals surface area contributed by atoms with Crippen molar-refractivity contribution >= 4 is 26.3 Å². The zero-order valence-electron chi connectivity index (χ0n) is 23.0. The Bertz CT molecular complexity index is 1420. The van der Waals surface area contributed by atoms with Gasteiger partial charge in [0.1, 0.15) is 11.6 Å². The summed E-state index contributed by atoms with van der Waals surface area (Å²) in [4.78, 5) is 4.58. The van der Waals surface area contributed by atoms with E-state index >= 15 is 0 Å². The summed E-state index contributed by atoms with van der Waals surface area (Å²) in [6, 6.07) is 19.7. The lowest BCUT2D eigenvalue weighted by molar-refractivity contribution is 0.166. The number of nitrogens with zero attached hydrogens (tertiary/aromatic N) is 2. The molecule has 1 aliphatic rings. The van der Waals surface area contributed by atoms with Crippen LogP contribution in [0.15, 0.2) is 72.3 Å². The highest BCUT2D eigenvalue weighted by molar-refractivity contribution is 8.00. The molecular formula is C31H35ClF2N2O2S. The SMILES string of the molecule is CC(C)N(Cc1ccc(C(c2ccc(Cl)cc2)N2CC(=C(c3cc(F)cc(F)c3)S(C)(=O)=O)C2)cc1)C(C)C. The van der Waals surface area contributed by atoms with Crippen molar-refractivity contribution in [3.8, 4) is 0 Å². The molecule has 0 aliphatic carbocycles. The maximum atomic E-state index is 14.0. The monoisotopic (exact) mass is 572 g/mol. The molecule has 0 aromatic heterocycles. The molecule has 0 radical (unpaired) electrons. The molecule has 1 heterocycles. The largest absolute Gasteiger partial charge is 0.294 e. The topological polar surface area (TPSA) is 40.6 Å². The Kier molecular flexibility index (Phi) is 8.96. The minimum atomic E-state index is -3.73. The number of benzene rings is 3. The van der Waals surface area contributed by atoms with Gasteiger partial charge in [-0.2, -0.15) is 0 Å². The summed E-state index contributed by atoms with van der Waals surface area (Å²) in [6.45, 7) is 10.3. The molecule has 1 unspecified atom stereocenters. The van der Waals surface area contributed by atoms with Gasteiger partial charge in [0.25, 0.3) is 0 Å². The van der Waals surface area contributed by atoms with Gasteiger partial charge < -0.3 is 0 Å². The third kappa shape index (κ3) is 6.95. The number of hydrogen-bond acceptors (Lipinski definition) is 4. The van der Waals surface area contributed by atoms with E-state index in [9.17, 15) is 17.2 Å². The van der Waals surface area contributed by atoms with Crippen molar-refractivity contribution in [3.05, 3.63) is 111 Å². The highest BCUT2D eigenvalue weighted by atomic mass is 35.5. The first-order valence-corrected chi connectivity index (χ1v) is 15.3. The molecule has 4 nitrogen and oxygen atoms in total. The summed E-state index contributed by atoms with van der Waals surface area (Å²) < 4.78 is 53.4. The van der Waals surface area contributed by atoms with Crippen LogP contribution in [0.2, 0.25) is 5.02 Å². The van der Waals surface area contributed by atoms with Crippen LogP contribution < -0.4 is 0 Å². The molecule has 1 aliphatic heterocycles. The van der Waals surface area contributed by atoms with Crippen molar-refractivity contribution in [2.24, 2.45) is 0 Å². The minimum Gasteiger partial charge on any atom is -0.294 e. The van der Waals surface area contributed by atoms with Crippen molar-refractivity contribution in [1.29, 1.82) is 0 Å². The lowest BCUT2D eigenvalue weighted by Gasteiger charge is -2.42. The molecule has 1 saturated heterocycles. The Labute approximate surface area is 235 Å². The van der Waals surface area contributed by atoms with Gasteiger partial charge in [-0.15, -0.1) is 0 Å². The summed E-state index contributed by atoms with van der Waals surface area (Å²) in [7, 11) is -3.73. The number of hydrogen-bond donors (Lipinski definition) is 0. The normalized spacial score (nSPS) is 15.2. The van der Waals surface area contributed by atoms with Gasteiger partial charge in [0, 0.05) is 49.1 Å². The predicted octanol–water partition coefficient (Wildman–Crippen LogP) is 7.10. The lowest BCUT2D eigenvalue weighted by atomic mass is 9.91. The smallest absolute Gasteiger partial charge is 0.176 e. The van der Waals surface area contributed by atoms with E-state index in [2.05, 4.69) is 61.8 Å². The molecule has 0 bridgehead atoms. The van der Waals surface area contributed by atoms with Gasteiger partial charge >= 0.3 is 0 Å². The molecular weight excluding hydrogens is 538 g/mol. The lowest BCUT2D eigenvalue weighted by Crippen LogP contribution is -2.44. The molecule has 1 fully saturated rings. The Morgan fingerprint density at radius 1 is 0.872 bits per heavy atom. The van der Waals surface area contributed by atoms with E-state index in [1.54, 1.807) is 0 Å². The molecule has 0 saturated carbocycles. The Balaban J connectivity index is 1.67. The highest BCUT2D eigenvalue weighted by Gasteiger charge is 2.35. The van der Waals surface area contributed by atoms with Gasteiger partial charge in [0.15, 0.2) is 9.84 Å². The molecule has 0 spiro atoms. The minimum absolute atomic E-state index is 0.00943. The molecule has 3 aromatic carbocycles. The zero-order valence-corrected chi connectivity index (χ0v) is 24.5. The molecule has 39 heavy (non-hydrogen) atoms. The summed E-state index contributed by atoms with van der Waals surface area (Å²) in [5, 5.41) is 0.631. The van der Waals surface area contributed by atoms with Crippen LogP contribution in [0.25, 0.3) is 4.91 Å². The summed E-state index contributed by atoms with van der Waals surface area (Å²) >= 11 is 6.16. The van der Waals surface area contributed by atoms with E-state index in [-0.39, 0.29) is 16.5 Å². The van der Waals surface area contributed by atoms with Crippen molar-refractivity contribution < 1.29 is 17.2 Å². The average molecular weight is 573 g/mol. The third-order valence-electron chi connectivity index (χ3n) is 7.14. The Morgan fingerprint density at radius 2 is 1.36 bits per heavy atom. The van der Waals surface area contributed by atoms with E-state index in [0.717, 1.165) is 42.1 Å². The molecule has 4 rings (SSSR count). The van der Waals surface area contributed by atoms with Gasteiger partial charge in [0.05, 0.1) is 10.9 Å². The van der Waals surface area contributed by atoms with E-state index in [0.29, 0.717) is 35.8 Å². The Hall–Kier alpha value is -2.58. The molecule has 0 amide bonds. The first kappa shape index (κ1) is 29.4. The maximum Gasteiger partial charge on any atom is 0.176 e. The number of halogens is 3. The van der Waals surface area contributed by atoms with Crippen LogP contribution in [-0.4, -0.2) is 49.6 Å². The van der Waals surface area contributed by atoms with Gasteiger partial charge in [0.2, 0.25) is 0 Å². The Morgan fingerprint density at radius 3 is 1.82 bits per heavy atom. The van der Waals surface area contributed by atoms with Crippen molar-refractivity contribution in [2.75, 3.05) is 19.3 Å². The van der Waals surface area contributed by atoms with Crippen molar-refractivity contribution in [3.63, 3.8) is 0 Å². The van der Waals surface area contributed by atoms with E-state index in [4.69, 9.17) is 11.6 Å². The zero-order chi connectivity index (χ0) is 28.5. The first-order chi connectivity index (χ1) is 18.3. The van der Waals surface area contributed by atoms with E-state index in [1.165, 1.54) is 5.56 Å². The number of rotatable bonds is 9. The molecule has 3 aromatic rings. The van der Waals surface area contributed by atoms with Crippen LogP contribution in [0, 0.1) is 11.6 Å². The quantitative estimate of drug-likeness (QED) is 0.274. The van der Waals surface area contributed by atoms with E-state index in [1.807, 2.05) is 24.3 Å². The maximum absolute atomic E-state index is 14.0. The fraction of sp³-hybridized carbons (Fsp3) is 0.355. The van der Waals surface area contributed by atoms with Crippen LogP contribution in [0.3, 0.4) is 0 Å². The van der Waals surface area contributed by atoms with Crippen molar-refractivity contribution in [1.82, 2.24) is 9.80 Å². The van der Waals surface area contributed by atoms with Crippen LogP contribution in [0.5, 0.6) is 0 Å². The van der Waals surface area contributed by atoms with Gasteiger partial charge in [-0.25, -0.2) is 17.2 Å². The van der Waals surface area contributed by atoms with Gasteiger partial charge in [-0.3, -0.25) is 9.80 Å². The summed E-state index contributed by atoms with van der Waals surface area (Å²) in [5.74, 6) is -1.62. The van der Waals surface area contributed by atoms with Crippen LogP contribution in [-0.2, 0) is 16.4 Å². The fourth-order valence-electron chi connectivity index (χ4n) is 5.37. The fourth-order valence-corrected chi connectivity index (χ4v) is 6.70. The molecule has 208 valence electrons. The highest BCUT2D eigenvalue weighted by Crippen LogP contribution is 2.39. The van der Waals surface area contributed by atoms with Crippen LogP contribution in [0.4, 0.5) is 8.78 Å². The van der Waals surface area contributed by atoms with Crippen LogP contribution >= 0.6 is 11.6 Å².